The van der Waals surface area contributed by atoms with Gasteiger partial charge in [0.25, 0.3) is 0 Å². The van der Waals surface area contributed by atoms with Crippen molar-refractivity contribution in [2.45, 2.75) is 19.4 Å². The van der Waals surface area contributed by atoms with E-state index in [4.69, 9.17) is 0 Å². The predicted octanol–water partition coefficient (Wildman–Crippen LogP) is 1.25. The number of rotatable bonds is 4. The van der Waals surface area contributed by atoms with Crippen LogP contribution in [0.4, 0.5) is 0 Å². The fourth-order valence-electron chi connectivity index (χ4n) is 3.18. The number of hydrogen-bond acceptors (Lipinski definition) is 10. The van der Waals surface area contributed by atoms with E-state index in [9.17, 15) is 20.2 Å². The Labute approximate surface area is 159 Å². The average Bonchev–Trinajstić information content (AvgIpc) is 3.32. The number of aliphatic imine (C=N–C) groups is 2. The lowest BCUT2D eigenvalue weighted by Gasteiger charge is -2.26. The first-order chi connectivity index (χ1) is 13.5. The highest BCUT2D eigenvalue weighted by Gasteiger charge is 2.43. The Hall–Kier alpha value is -3.83. The monoisotopic (exact) mass is 384 g/mol. The molecule has 12 heteroatoms. The zero-order chi connectivity index (χ0) is 19.7. The summed E-state index contributed by atoms with van der Waals surface area (Å²) in [4.78, 5) is 32.3. The molecule has 1 aromatic rings. The van der Waals surface area contributed by atoms with Crippen molar-refractivity contribution in [3.05, 3.63) is 67.8 Å². The van der Waals surface area contributed by atoms with Crippen LogP contribution < -0.4 is 0 Å². The summed E-state index contributed by atoms with van der Waals surface area (Å²) in [5.74, 6) is -1.14. The maximum absolute atomic E-state index is 11.3. The van der Waals surface area contributed by atoms with Gasteiger partial charge in [0.2, 0.25) is 11.9 Å². The summed E-state index contributed by atoms with van der Waals surface area (Å²) in [6.07, 6.45) is 3.14. The quantitative estimate of drug-likeness (QED) is 0.563. The molecule has 1 aromatic carbocycles. The zero-order valence-electron chi connectivity index (χ0n) is 14.7. The van der Waals surface area contributed by atoms with Crippen molar-refractivity contribution in [2.75, 3.05) is 13.1 Å². The number of likely N-dealkylation sites (tertiary alicyclic amines) is 1. The molecule has 3 heterocycles. The number of hydrazone groups is 1. The van der Waals surface area contributed by atoms with Crippen molar-refractivity contribution in [3.8, 4) is 0 Å². The molecule has 0 aliphatic carbocycles. The molecular weight excluding hydrogens is 368 g/mol. The molecule has 4 rings (SSSR count). The van der Waals surface area contributed by atoms with Crippen molar-refractivity contribution < 1.29 is 9.85 Å². The molecule has 0 saturated carbocycles. The van der Waals surface area contributed by atoms with E-state index in [1.165, 1.54) is 16.2 Å². The van der Waals surface area contributed by atoms with Gasteiger partial charge >= 0.3 is 11.6 Å². The van der Waals surface area contributed by atoms with Gasteiger partial charge in [-0.05, 0) is 18.4 Å². The second-order valence-corrected chi connectivity index (χ2v) is 6.32. The Morgan fingerprint density at radius 3 is 2.36 bits per heavy atom. The van der Waals surface area contributed by atoms with Crippen molar-refractivity contribution in [1.82, 2.24) is 14.8 Å². The summed E-state index contributed by atoms with van der Waals surface area (Å²) >= 11 is 0. The number of hydrogen-bond donors (Lipinski definition) is 0. The summed E-state index contributed by atoms with van der Waals surface area (Å²) in [5, 5.41) is 28.4. The fraction of sp³-hybridized carbons (Fsp3) is 0.312. The van der Waals surface area contributed by atoms with Crippen LogP contribution in [0.3, 0.4) is 0 Å². The Morgan fingerprint density at radius 1 is 1.04 bits per heavy atom. The number of fused-ring (bicyclic) bond motifs is 1. The van der Waals surface area contributed by atoms with Crippen LogP contribution in [0.2, 0.25) is 0 Å². The van der Waals surface area contributed by atoms with Gasteiger partial charge in [0, 0.05) is 13.1 Å². The van der Waals surface area contributed by atoms with E-state index >= 15 is 0 Å². The molecule has 3 aliphatic rings. The predicted molar refractivity (Wildman–Crippen MR) is 99.0 cm³/mol. The standard InChI is InChI=1S/C16H16N8O4/c25-23(26)14(24(27)28)13-18-15(20-8-4-5-9-20)19-16-21(13)11-17-22(16)10-12-6-2-1-3-7-12/h1-3,6-7,11H,4-5,8-10H2. The van der Waals surface area contributed by atoms with Gasteiger partial charge < -0.3 is 4.90 Å². The molecule has 0 bridgehead atoms. The summed E-state index contributed by atoms with van der Waals surface area (Å²) in [5.41, 5.74) is 0.948. The molecule has 0 radical (unpaired) electrons. The first kappa shape index (κ1) is 17.6. The van der Waals surface area contributed by atoms with Gasteiger partial charge in [-0.2, -0.15) is 15.1 Å². The highest BCUT2D eigenvalue weighted by molar-refractivity contribution is 6.05. The maximum Gasteiger partial charge on any atom is 0.602 e. The molecule has 0 aromatic heterocycles. The minimum absolute atomic E-state index is 0.225. The number of benzene rings is 1. The Morgan fingerprint density at radius 2 is 1.71 bits per heavy atom. The van der Waals surface area contributed by atoms with Crippen molar-refractivity contribution in [2.24, 2.45) is 15.1 Å². The van der Waals surface area contributed by atoms with Gasteiger partial charge in [0.05, 0.1) is 6.54 Å². The molecule has 3 aliphatic heterocycles. The molecule has 0 unspecified atom stereocenters. The largest absolute Gasteiger partial charge is 0.602 e. The molecular formula is C16H16N8O4. The first-order valence-electron chi connectivity index (χ1n) is 8.65. The number of nitrogens with zero attached hydrogens (tertiary/aromatic N) is 8. The normalized spacial score (nSPS) is 18.1. The van der Waals surface area contributed by atoms with Crippen molar-refractivity contribution in [3.63, 3.8) is 0 Å². The summed E-state index contributed by atoms with van der Waals surface area (Å²) in [7, 11) is 0. The smallest absolute Gasteiger partial charge is 0.341 e. The molecule has 0 amide bonds. The highest BCUT2D eigenvalue weighted by atomic mass is 16.7. The van der Waals surface area contributed by atoms with E-state index in [1.54, 1.807) is 0 Å². The second kappa shape index (κ2) is 7.06. The number of guanidine groups is 2. The van der Waals surface area contributed by atoms with Crippen LogP contribution in [0.25, 0.3) is 0 Å². The van der Waals surface area contributed by atoms with Crippen LogP contribution in [0.5, 0.6) is 0 Å². The minimum atomic E-state index is -1.21. The van der Waals surface area contributed by atoms with E-state index < -0.39 is 21.5 Å². The van der Waals surface area contributed by atoms with Gasteiger partial charge in [0.15, 0.2) is 0 Å². The Kier molecular flexibility index (Phi) is 4.43. The van der Waals surface area contributed by atoms with E-state index in [0.29, 0.717) is 19.6 Å². The summed E-state index contributed by atoms with van der Waals surface area (Å²) < 4.78 is 0. The first-order valence-corrected chi connectivity index (χ1v) is 8.65. The molecule has 0 spiro atoms. The van der Waals surface area contributed by atoms with Crippen LogP contribution >= 0.6 is 0 Å². The third kappa shape index (κ3) is 3.15. The van der Waals surface area contributed by atoms with Gasteiger partial charge in [0.1, 0.15) is 16.2 Å². The van der Waals surface area contributed by atoms with Crippen molar-refractivity contribution >= 4 is 18.3 Å². The molecule has 0 atom stereocenters. The maximum atomic E-state index is 11.3. The van der Waals surface area contributed by atoms with Crippen LogP contribution in [0.1, 0.15) is 18.4 Å². The van der Waals surface area contributed by atoms with Crippen LogP contribution in [0, 0.1) is 20.2 Å². The number of nitro groups is 2. The van der Waals surface area contributed by atoms with E-state index in [0.717, 1.165) is 18.4 Å². The third-order valence-corrected chi connectivity index (χ3v) is 4.50. The van der Waals surface area contributed by atoms with E-state index in [1.807, 2.05) is 35.2 Å². The van der Waals surface area contributed by atoms with Crippen LogP contribution in [-0.4, -0.2) is 56.0 Å². The van der Waals surface area contributed by atoms with Crippen LogP contribution in [0.15, 0.2) is 57.1 Å². The lowest BCUT2D eigenvalue weighted by atomic mass is 10.2. The van der Waals surface area contributed by atoms with Gasteiger partial charge in [-0.15, -0.1) is 0 Å². The van der Waals surface area contributed by atoms with Gasteiger partial charge in [-0.3, -0.25) is 20.2 Å². The molecule has 0 N–H and O–H groups in total. The lowest BCUT2D eigenvalue weighted by molar-refractivity contribution is -0.618. The molecule has 28 heavy (non-hydrogen) atoms. The SMILES string of the molecule is O=[N+]([O-])C(=C1N=C(N2CCCC2)N=C2N(Cc3ccccc3)N=CN21)[N+](=O)[O-]. The highest BCUT2D eigenvalue weighted by Crippen LogP contribution is 2.25. The van der Waals surface area contributed by atoms with Crippen molar-refractivity contribution in [1.29, 1.82) is 0 Å². The van der Waals surface area contributed by atoms with E-state index in [-0.39, 0.29) is 11.9 Å². The van der Waals surface area contributed by atoms with Gasteiger partial charge in [-0.1, -0.05) is 30.3 Å². The van der Waals surface area contributed by atoms with E-state index in [2.05, 4.69) is 15.1 Å². The third-order valence-electron chi connectivity index (χ3n) is 4.50. The molecule has 12 nitrogen and oxygen atoms in total. The molecule has 144 valence electrons. The lowest BCUT2D eigenvalue weighted by Crippen LogP contribution is -2.41. The zero-order valence-corrected chi connectivity index (χ0v) is 14.7. The Balaban J connectivity index is 1.76. The minimum Gasteiger partial charge on any atom is -0.341 e. The molecule has 1 saturated heterocycles. The fourth-order valence-corrected chi connectivity index (χ4v) is 3.18. The topological polar surface area (TPSA) is 133 Å². The second-order valence-electron chi connectivity index (χ2n) is 6.32. The average molecular weight is 384 g/mol. The summed E-state index contributed by atoms with van der Waals surface area (Å²) in [6, 6.07) is 9.48. The summed E-state index contributed by atoms with van der Waals surface area (Å²) in [6.45, 7) is 1.74. The van der Waals surface area contributed by atoms with Crippen LogP contribution in [-0.2, 0) is 6.54 Å². The Bertz CT molecular complexity index is 917. The van der Waals surface area contributed by atoms with Gasteiger partial charge in [-0.25, -0.2) is 9.91 Å². The molecule has 1 fully saturated rings.